The molecule has 0 N–H and O–H groups in total. The molecule has 3 aromatic carbocycles. The molecule has 0 amide bonds. The largest absolute Gasteiger partial charge is 0.497 e. The monoisotopic (exact) mass is 410 g/mol. The third-order valence-corrected chi connectivity index (χ3v) is 4.59. The van der Waals surface area contributed by atoms with E-state index in [1.54, 1.807) is 31.4 Å². The Morgan fingerprint density at radius 1 is 0.774 bits per heavy atom. The van der Waals surface area contributed by atoms with Crippen LogP contribution in [0.2, 0.25) is 0 Å². The molecule has 1 aliphatic rings. The lowest BCUT2D eigenvalue weighted by molar-refractivity contribution is 0.0600. The molecule has 4 rings (SSSR count). The van der Waals surface area contributed by atoms with Crippen LogP contribution in [0.4, 0.5) is 0 Å². The van der Waals surface area contributed by atoms with Crippen molar-refractivity contribution in [1.82, 2.24) is 0 Å². The lowest BCUT2D eigenvalue weighted by Crippen LogP contribution is -2.00. The zero-order valence-corrected chi connectivity index (χ0v) is 17.0. The third kappa shape index (κ3) is 4.63. The van der Waals surface area contributed by atoms with Crippen LogP contribution in [0.1, 0.15) is 32.6 Å². The van der Waals surface area contributed by atoms with E-state index in [1.165, 1.54) is 7.11 Å². The number of carbonyl (C=O) groups excluding carboxylic acids is 1. The summed E-state index contributed by atoms with van der Waals surface area (Å²) in [5.41, 5.74) is 3.55. The second kappa shape index (κ2) is 8.98. The molecule has 0 saturated heterocycles. The predicted molar refractivity (Wildman–Crippen MR) is 115 cm³/mol. The van der Waals surface area contributed by atoms with E-state index in [1.807, 2.05) is 36.4 Å². The SMILES string of the molecule is COC(=O)c1ccc(C#Cc2cc3c(cc2C#Cc2ccc(OC)cc2)OCO3)cc1. The van der Waals surface area contributed by atoms with E-state index in [9.17, 15) is 4.79 Å². The van der Waals surface area contributed by atoms with Crippen LogP contribution in [-0.2, 0) is 4.74 Å². The summed E-state index contributed by atoms with van der Waals surface area (Å²) in [6, 6.07) is 18.1. The third-order valence-electron chi connectivity index (χ3n) is 4.59. The molecule has 0 unspecified atom stereocenters. The number of hydrogen-bond acceptors (Lipinski definition) is 5. The maximum atomic E-state index is 11.6. The highest BCUT2D eigenvalue weighted by Crippen LogP contribution is 2.34. The highest BCUT2D eigenvalue weighted by Gasteiger charge is 2.16. The lowest BCUT2D eigenvalue weighted by atomic mass is 10.1. The average molecular weight is 410 g/mol. The molecular formula is C26H18O5. The highest BCUT2D eigenvalue weighted by atomic mass is 16.7. The molecule has 0 fully saturated rings. The fourth-order valence-corrected chi connectivity index (χ4v) is 2.91. The van der Waals surface area contributed by atoms with Gasteiger partial charge in [-0.15, -0.1) is 0 Å². The van der Waals surface area contributed by atoms with Crippen LogP contribution in [0, 0.1) is 23.7 Å². The van der Waals surface area contributed by atoms with Crippen LogP contribution in [-0.4, -0.2) is 27.0 Å². The Morgan fingerprint density at radius 2 is 1.29 bits per heavy atom. The molecule has 0 saturated carbocycles. The van der Waals surface area contributed by atoms with Crippen molar-refractivity contribution in [3.63, 3.8) is 0 Å². The number of rotatable bonds is 2. The van der Waals surface area contributed by atoms with Gasteiger partial charge in [0.1, 0.15) is 5.75 Å². The molecule has 0 aliphatic carbocycles. The maximum Gasteiger partial charge on any atom is 0.337 e. The predicted octanol–water partition coefficient (Wildman–Crippen LogP) is 4.01. The van der Waals surface area contributed by atoms with Crippen LogP contribution >= 0.6 is 0 Å². The van der Waals surface area contributed by atoms with Gasteiger partial charge >= 0.3 is 5.97 Å². The van der Waals surface area contributed by atoms with Crippen molar-refractivity contribution in [2.75, 3.05) is 21.0 Å². The summed E-state index contributed by atoms with van der Waals surface area (Å²) in [7, 11) is 2.98. The number of esters is 1. The number of benzene rings is 3. The molecule has 0 radical (unpaired) electrons. The van der Waals surface area contributed by atoms with Crippen molar-refractivity contribution < 1.29 is 23.7 Å². The van der Waals surface area contributed by atoms with Crippen molar-refractivity contribution in [2.45, 2.75) is 0 Å². The molecule has 3 aromatic rings. The number of ether oxygens (including phenoxy) is 4. The number of fused-ring (bicyclic) bond motifs is 1. The summed E-state index contributed by atoms with van der Waals surface area (Å²) in [6.07, 6.45) is 0. The van der Waals surface area contributed by atoms with Crippen LogP contribution in [0.3, 0.4) is 0 Å². The van der Waals surface area contributed by atoms with Gasteiger partial charge in [0.25, 0.3) is 0 Å². The molecule has 0 spiro atoms. The van der Waals surface area contributed by atoms with E-state index in [-0.39, 0.29) is 12.8 Å². The molecule has 1 aliphatic heterocycles. The molecule has 31 heavy (non-hydrogen) atoms. The van der Waals surface area contributed by atoms with Crippen molar-refractivity contribution in [3.8, 4) is 40.9 Å². The minimum Gasteiger partial charge on any atom is -0.497 e. The Balaban J connectivity index is 1.66. The number of carbonyl (C=O) groups is 1. The first-order valence-electron chi connectivity index (χ1n) is 9.46. The second-order valence-electron chi connectivity index (χ2n) is 6.55. The molecule has 5 nitrogen and oxygen atoms in total. The van der Waals surface area contributed by atoms with Gasteiger partial charge in [-0.05, 0) is 48.5 Å². The Bertz CT molecular complexity index is 1230. The van der Waals surface area contributed by atoms with Crippen molar-refractivity contribution in [2.24, 2.45) is 0 Å². The van der Waals surface area contributed by atoms with E-state index in [4.69, 9.17) is 18.9 Å². The van der Waals surface area contributed by atoms with Gasteiger partial charge in [0, 0.05) is 34.4 Å². The first kappa shape index (κ1) is 19.9. The molecule has 0 atom stereocenters. The van der Waals surface area contributed by atoms with Crippen molar-refractivity contribution in [1.29, 1.82) is 0 Å². The summed E-state index contributed by atoms with van der Waals surface area (Å²) in [6.45, 7) is 0.173. The summed E-state index contributed by atoms with van der Waals surface area (Å²) in [5, 5.41) is 0. The number of hydrogen-bond donors (Lipinski definition) is 0. The number of methoxy groups -OCH3 is 2. The van der Waals surface area contributed by atoms with Gasteiger partial charge < -0.3 is 18.9 Å². The topological polar surface area (TPSA) is 54.0 Å². The maximum absolute atomic E-state index is 11.6. The van der Waals surface area contributed by atoms with Crippen LogP contribution in [0.25, 0.3) is 0 Å². The van der Waals surface area contributed by atoms with Gasteiger partial charge in [-0.25, -0.2) is 4.79 Å². The van der Waals surface area contributed by atoms with Crippen molar-refractivity contribution in [3.05, 3.63) is 88.5 Å². The fraction of sp³-hybridized carbons (Fsp3) is 0.115. The normalized spacial score (nSPS) is 10.9. The van der Waals surface area contributed by atoms with Gasteiger partial charge in [0.2, 0.25) is 6.79 Å². The standard InChI is InChI=1S/C26H18O5/c1-28-23-13-7-19(8-14-23)6-12-22-16-25-24(30-17-31-25)15-21(22)11-5-18-3-9-20(10-4-18)26(27)29-2/h3-4,7-10,13-16H,17H2,1-2H3. The van der Waals surface area contributed by atoms with E-state index in [0.29, 0.717) is 17.1 Å². The van der Waals surface area contributed by atoms with E-state index < -0.39 is 0 Å². The Morgan fingerprint density at radius 3 is 1.77 bits per heavy atom. The average Bonchev–Trinajstić information content (AvgIpc) is 3.28. The molecular weight excluding hydrogens is 392 g/mol. The fourth-order valence-electron chi connectivity index (χ4n) is 2.91. The van der Waals surface area contributed by atoms with Gasteiger partial charge in [0.15, 0.2) is 11.5 Å². The summed E-state index contributed by atoms with van der Waals surface area (Å²) in [4.78, 5) is 11.6. The van der Waals surface area contributed by atoms with Crippen LogP contribution in [0.15, 0.2) is 60.7 Å². The molecule has 0 bridgehead atoms. The van der Waals surface area contributed by atoms with E-state index >= 15 is 0 Å². The van der Waals surface area contributed by atoms with Gasteiger partial charge in [-0.2, -0.15) is 0 Å². The quantitative estimate of drug-likeness (QED) is 0.472. The van der Waals surface area contributed by atoms with E-state index in [0.717, 1.165) is 28.0 Å². The van der Waals surface area contributed by atoms with Gasteiger partial charge in [-0.1, -0.05) is 23.7 Å². The Labute approximate surface area is 180 Å². The highest BCUT2D eigenvalue weighted by molar-refractivity contribution is 5.89. The van der Waals surface area contributed by atoms with E-state index in [2.05, 4.69) is 23.7 Å². The summed E-state index contributed by atoms with van der Waals surface area (Å²) < 4.78 is 20.9. The lowest BCUT2D eigenvalue weighted by Gasteiger charge is -2.01. The van der Waals surface area contributed by atoms with Crippen molar-refractivity contribution >= 4 is 5.97 Å². The molecule has 5 heteroatoms. The van der Waals surface area contributed by atoms with Crippen LogP contribution < -0.4 is 14.2 Å². The zero-order chi connectivity index (χ0) is 21.6. The smallest absolute Gasteiger partial charge is 0.337 e. The Hall–Kier alpha value is -4.35. The minimum absolute atomic E-state index is 0.173. The second-order valence-corrected chi connectivity index (χ2v) is 6.55. The summed E-state index contributed by atoms with van der Waals surface area (Å²) >= 11 is 0. The van der Waals surface area contributed by atoms with Crippen LogP contribution in [0.5, 0.6) is 17.2 Å². The minimum atomic E-state index is -0.383. The Kier molecular flexibility index (Phi) is 5.78. The first-order chi connectivity index (χ1) is 15.2. The molecule has 0 aromatic heterocycles. The van der Waals surface area contributed by atoms with Gasteiger partial charge in [-0.3, -0.25) is 0 Å². The first-order valence-corrected chi connectivity index (χ1v) is 9.46. The van der Waals surface area contributed by atoms with Gasteiger partial charge in [0.05, 0.1) is 19.8 Å². The molecule has 1 heterocycles. The zero-order valence-electron chi connectivity index (χ0n) is 17.0. The summed E-state index contributed by atoms with van der Waals surface area (Å²) in [5.74, 6) is 14.3. The molecule has 152 valence electrons.